The van der Waals surface area contributed by atoms with Crippen LogP contribution in [0.4, 0.5) is 0 Å². The summed E-state index contributed by atoms with van der Waals surface area (Å²) in [5.41, 5.74) is 3.38. The highest BCUT2D eigenvalue weighted by atomic mass is 16.5. The largest absolute Gasteiger partial charge is 0.381 e. The molecule has 1 aliphatic rings. The van der Waals surface area contributed by atoms with Crippen LogP contribution in [0.2, 0.25) is 0 Å². The second-order valence-electron chi connectivity index (χ2n) is 6.68. The van der Waals surface area contributed by atoms with Crippen LogP contribution in [0, 0.1) is 6.92 Å². The topological polar surface area (TPSA) is 50.4 Å². The molecule has 1 fully saturated rings. The summed E-state index contributed by atoms with van der Waals surface area (Å²) in [6.45, 7) is 4.35. The third kappa shape index (κ3) is 4.68. The van der Waals surface area contributed by atoms with Crippen LogP contribution in [0.1, 0.15) is 29.5 Å². The summed E-state index contributed by atoms with van der Waals surface area (Å²) in [5.74, 6) is 0.0161. The van der Waals surface area contributed by atoms with Gasteiger partial charge in [0.1, 0.15) is 0 Å². The van der Waals surface area contributed by atoms with Gasteiger partial charge in [-0.3, -0.25) is 10.1 Å². The zero-order chi connectivity index (χ0) is 17.5. The molecule has 3 rings (SSSR count). The Kier molecular flexibility index (Phi) is 5.84. The molecule has 0 bridgehead atoms. The van der Waals surface area contributed by atoms with Gasteiger partial charge in [-0.05, 0) is 30.9 Å². The van der Waals surface area contributed by atoms with Crippen LogP contribution < -0.4 is 10.6 Å². The Hall–Kier alpha value is -2.17. The van der Waals surface area contributed by atoms with Crippen LogP contribution >= 0.6 is 0 Å². The van der Waals surface area contributed by atoms with Gasteiger partial charge in [0.15, 0.2) is 0 Å². The van der Waals surface area contributed by atoms with Gasteiger partial charge in [0.2, 0.25) is 5.91 Å². The fourth-order valence-electron chi connectivity index (χ4n) is 3.26. The molecule has 25 heavy (non-hydrogen) atoms. The van der Waals surface area contributed by atoms with Crippen LogP contribution in [0.15, 0.2) is 54.6 Å². The quantitative estimate of drug-likeness (QED) is 0.851. The molecular weight excluding hydrogens is 312 g/mol. The molecule has 2 N–H and O–H groups in total. The number of carbonyl (C=O) groups excluding carboxylic acids is 1. The third-order valence-electron chi connectivity index (χ3n) is 4.87. The summed E-state index contributed by atoms with van der Waals surface area (Å²) in [5, 5.41) is 6.50. The van der Waals surface area contributed by atoms with Gasteiger partial charge in [0, 0.05) is 25.3 Å². The molecule has 2 aromatic rings. The standard InChI is InChI=1S/C21H26N2O2/c1-17-7-9-18(10-8-17)15-22-20(24)16-23-21(11-13-25-14-12-21)19-5-3-2-4-6-19/h2-10,23H,11-16H2,1H3,(H,22,24). The van der Waals surface area contributed by atoms with E-state index in [1.165, 1.54) is 11.1 Å². The van der Waals surface area contributed by atoms with Crippen molar-refractivity contribution in [2.75, 3.05) is 19.8 Å². The van der Waals surface area contributed by atoms with E-state index in [9.17, 15) is 4.79 Å². The SMILES string of the molecule is Cc1ccc(CNC(=O)CNC2(c3ccccc3)CCOCC2)cc1. The lowest BCUT2D eigenvalue weighted by Gasteiger charge is -2.38. The van der Waals surface area contributed by atoms with E-state index in [1.54, 1.807) is 0 Å². The van der Waals surface area contributed by atoms with E-state index < -0.39 is 0 Å². The molecule has 4 nitrogen and oxygen atoms in total. The van der Waals surface area contributed by atoms with Gasteiger partial charge in [0.05, 0.1) is 6.54 Å². The molecule has 0 radical (unpaired) electrons. The minimum atomic E-state index is -0.180. The van der Waals surface area contributed by atoms with Gasteiger partial charge >= 0.3 is 0 Å². The van der Waals surface area contributed by atoms with Crippen molar-refractivity contribution in [3.05, 3.63) is 71.3 Å². The van der Waals surface area contributed by atoms with E-state index in [1.807, 2.05) is 30.3 Å². The lowest BCUT2D eigenvalue weighted by molar-refractivity contribution is -0.121. The van der Waals surface area contributed by atoms with Crippen LogP contribution in [-0.2, 0) is 21.6 Å². The average Bonchev–Trinajstić information content (AvgIpc) is 2.67. The maximum absolute atomic E-state index is 12.3. The average molecular weight is 338 g/mol. The summed E-state index contributed by atoms with van der Waals surface area (Å²) in [4.78, 5) is 12.3. The molecule has 1 amide bonds. The number of hydrogen-bond acceptors (Lipinski definition) is 3. The van der Waals surface area contributed by atoms with Gasteiger partial charge < -0.3 is 10.1 Å². The Morgan fingerprint density at radius 3 is 2.40 bits per heavy atom. The summed E-state index contributed by atoms with van der Waals surface area (Å²) >= 11 is 0. The molecule has 1 saturated heterocycles. The monoisotopic (exact) mass is 338 g/mol. The molecule has 0 atom stereocenters. The molecule has 4 heteroatoms. The number of rotatable bonds is 6. The van der Waals surface area contributed by atoms with Crippen molar-refractivity contribution < 1.29 is 9.53 Å². The smallest absolute Gasteiger partial charge is 0.234 e. The summed E-state index contributed by atoms with van der Waals surface area (Å²) in [6.07, 6.45) is 1.75. The van der Waals surface area contributed by atoms with E-state index in [0.29, 0.717) is 26.3 Å². The maximum atomic E-state index is 12.3. The molecule has 2 aromatic carbocycles. The molecular formula is C21H26N2O2. The fourth-order valence-corrected chi connectivity index (χ4v) is 3.26. The molecule has 0 aromatic heterocycles. The first-order valence-electron chi connectivity index (χ1n) is 8.88. The zero-order valence-electron chi connectivity index (χ0n) is 14.8. The Morgan fingerprint density at radius 1 is 1.04 bits per heavy atom. The zero-order valence-corrected chi connectivity index (χ0v) is 14.8. The number of aryl methyl sites for hydroxylation is 1. The Morgan fingerprint density at radius 2 is 1.72 bits per heavy atom. The molecule has 0 spiro atoms. The van der Waals surface area contributed by atoms with Crippen molar-refractivity contribution in [2.45, 2.75) is 31.8 Å². The van der Waals surface area contributed by atoms with Crippen LogP contribution in [0.25, 0.3) is 0 Å². The fraction of sp³-hybridized carbons (Fsp3) is 0.381. The summed E-state index contributed by atoms with van der Waals surface area (Å²) in [6, 6.07) is 18.6. The Labute approximate surface area is 149 Å². The minimum absolute atomic E-state index is 0.0161. The number of amides is 1. The highest BCUT2D eigenvalue weighted by Crippen LogP contribution is 2.31. The normalized spacial score (nSPS) is 16.4. The van der Waals surface area contributed by atoms with E-state index >= 15 is 0 Å². The number of carbonyl (C=O) groups is 1. The van der Waals surface area contributed by atoms with Crippen molar-refractivity contribution in [3.8, 4) is 0 Å². The van der Waals surface area contributed by atoms with Gasteiger partial charge in [-0.1, -0.05) is 60.2 Å². The predicted molar refractivity (Wildman–Crippen MR) is 99.2 cm³/mol. The Balaban J connectivity index is 1.57. The first-order valence-corrected chi connectivity index (χ1v) is 8.88. The molecule has 1 heterocycles. The van der Waals surface area contributed by atoms with Crippen molar-refractivity contribution >= 4 is 5.91 Å². The lowest BCUT2D eigenvalue weighted by atomic mass is 9.82. The summed E-state index contributed by atoms with van der Waals surface area (Å²) < 4.78 is 5.53. The van der Waals surface area contributed by atoms with Crippen molar-refractivity contribution in [1.29, 1.82) is 0 Å². The first-order chi connectivity index (χ1) is 12.2. The van der Waals surface area contributed by atoms with Crippen LogP contribution in [0.5, 0.6) is 0 Å². The van der Waals surface area contributed by atoms with E-state index in [2.05, 4.69) is 41.8 Å². The number of benzene rings is 2. The molecule has 0 aliphatic carbocycles. The highest BCUT2D eigenvalue weighted by molar-refractivity contribution is 5.78. The van der Waals surface area contributed by atoms with E-state index in [0.717, 1.165) is 18.4 Å². The predicted octanol–water partition coefficient (Wildman–Crippen LogP) is 2.91. The molecule has 0 unspecified atom stereocenters. The van der Waals surface area contributed by atoms with Crippen LogP contribution in [0.3, 0.4) is 0 Å². The first kappa shape index (κ1) is 17.6. The van der Waals surface area contributed by atoms with Gasteiger partial charge in [-0.2, -0.15) is 0 Å². The van der Waals surface area contributed by atoms with Gasteiger partial charge in [-0.25, -0.2) is 0 Å². The number of hydrogen-bond donors (Lipinski definition) is 2. The van der Waals surface area contributed by atoms with E-state index in [-0.39, 0.29) is 11.4 Å². The molecule has 0 saturated carbocycles. The van der Waals surface area contributed by atoms with Gasteiger partial charge in [0.25, 0.3) is 0 Å². The van der Waals surface area contributed by atoms with E-state index in [4.69, 9.17) is 4.74 Å². The second-order valence-corrected chi connectivity index (χ2v) is 6.68. The van der Waals surface area contributed by atoms with Crippen molar-refractivity contribution in [2.24, 2.45) is 0 Å². The Bertz CT molecular complexity index is 677. The molecule has 132 valence electrons. The van der Waals surface area contributed by atoms with Crippen molar-refractivity contribution in [3.63, 3.8) is 0 Å². The van der Waals surface area contributed by atoms with Crippen LogP contribution in [-0.4, -0.2) is 25.7 Å². The number of nitrogens with one attached hydrogen (secondary N) is 2. The number of ether oxygens (including phenoxy) is 1. The second kappa shape index (κ2) is 8.28. The third-order valence-corrected chi connectivity index (χ3v) is 4.87. The highest BCUT2D eigenvalue weighted by Gasteiger charge is 2.34. The minimum Gasteiger partial charge on any atom is -0.381 e. The molecule has 1 aliphatic heterocycles. The van der Waals surface area contributed by atoms with Crippen molar-refractivity contribution in [1.82, 2.24) is 10.6 Å². The maximum Gasteiger partial charge on any atom is 0.234 e. The van der Waals surface area contributed by atoms with Gasteiger partial charge in [-0.15, -0.1) is 0 Å². The lowest BCUT2D eigenvalue weighted by Crippen LogP contribution is -2.50. The summed E-state index contributed by atoms with van der Waals surface area (Å²) in [7, 11) is 0.